The van der Waals surface area contributed by atoms with Crippen LogP contribution in [0.3, 0.4) is 0 Å². The van der Waals surface area contributed by atoms with Gasteiger partial charge in [-0.2, -0.15) is 15.2 Å². The quantitative estimate of drug-likeness (QED) is 0.573. The number of hydrazone groups is 1. The predicted molar refractivity (Wildman–Crippen MR) is 71.9 cm³/mol. The molecule has 3 rings (SSSR count). The molecule has 0 fully saturated rings. The van der Waals surface area contributed by atoms with E-state index in [4.69, 9.17) is 4.42 Å². The largest absolute Gasteiger partial charge is 0.422 e. The zero-order valence-electron chi connectivity index (χ0n) is 10.2. The Hall–Kier alpha value is -2.76. The van der Waals surface area contributed by atoms with Crippen LogP contribution in [0.1, 0.15) is 12.6 Å². The fourth-order valence-electron chi connectivity index (χ4n) is 1.60. The van der Waals surface area contributed by atoms with Crippen LogP contribution in [0.15, 0.2) is 52.1 Å². The maximum absolute atomic E-state index is 5.49. The van der Waals surface area contributed by atoms with E-state index in [9.17, 15) is 0 Å². The van der Waals surface area contributed by atoms with Crippen molar-refractivity contribution in [2.75, 3.05) is 5.43 Å². The number of para-hydroxylation sites is 2. The van der Waals surface area contributed by atoms with Crippen molar-refractivity contribution in [2.24, 2.45) is 5.10 Å². The Morgan fingerprint density at radius 2 is 2.11 bits per heavy atom. The predicted octanol–water partition coefficient (Wildman–Crippen LogP) is 2.45. The highest BCUT2D eigenvalue weighted by Gasteiger charge is 2.04. The van der Waals surface area contributed by atoms with Crippen molar-refractivity contribution in [1.29, 1.82) is 0 Å². The Morgan fingerprint density at radius 3 is 2.89 bits per heavy atom. The SMILES string of the molecule is C/C(=N\Nc1nc2ccccc2o1)c1cccnn1. The fourth-order valence-corrected chi connectivity index (χ4v) is 1.60. The minimum Gasteiger partial charge on any atom is -0.422 e. The van der Waals surface area contributed by atoms with Gasteiger partial charge in [-0.25, -0.2) is 5.43 Å². The summed E-state index contributed by atoms with van der Waals surface area (Å²) < 4.78 is 5.49. The van der Waals surface area contributed by atoms with Crippen LogP contribution >= 0.6 is 0 Å². The van der Waals surface area contributed by atoms with E-state index in [1.165, 1.54) is 0 Å². The van der Waals surface area contributed by atoms with Crippen LogP contribution in [0, 0.1) is 0 Å². The molecule has 0 aliphatic heterocycles. The fraction of sp³-hybridized carbons (Fsp3) is 0.0769. The third-order valence-corrected chi connectivity index (χ3v) is 2.56. The van der Waals surface area contributed by atoms with Gasteiger partial charge < -0.3 is 4.42 Å². The molecule has 0 saturated carbocycles. The molecule has 0 spiro atoms. The topological polar surface area (TPSA) is 76.2 Å². The van der Waals surface area contributed by atoms with E-state index in [2.05, 4.69) is 25.7 Å². The number of anilines is 1. The Bertz CT molecular complexity index is 687. The number of hydrogen-bond donors (Lipinski definition) is 1. The molecule has 0 saturated heterocycles. The Kier molecular flexibility index (Phi) is 2.89. The maximum Gasteiger partial charge on any atom is 0.316 e. The molecule has 6 nitrogen and oxygen atoms in total. The van der Waals surface area contributed by atoms with Gasteiger partial charge in [0.2, 0.25) is 0 Å². The summed E-state index contributed by atoms with van der Waals surface area (Å²) in [5.41, 5.74) is 5.69. The number of oxazole rings is 1. The maximum atomic E-state index is 5.49. The van der Waals surface area contributed by atoms with E-state index in [0.717, 1.165) is 11.1 Å². The Balaban J connectivity index is 1.82. The molecule has 0 aliphatic carbocycles. The molecule has 0 radical (unpaired) electrons. The van der Waals surface area contributed by atoms with E-state index in [0.29, 0.717) is 17.4 Å². The van der Waals surface area contributed by atoms with Gasteiger partial charge in [0.05, 0.1) is 5.71 Å². The molecule has 1 aromatic carbocycles. The van der Waals surface area contributed by atoms with Gasteiger partial charge >= 0.3 is 6.01 Å². The highest BCUT2D eigenvalue weighted by atomic mass is 16.4. The third kappa shape index (κ3) is 2.42. The zero-order chi connectivity index (χ0) is 13.1. The van der Waals surface area contributed by atoms with Crippen LogP contribution in [-0.4, -0.2) is 20.9 Å². The summed E-state index contributed by atoms with van der Waals surface area (Å²) in [6.45, 7) is 1.83. The van der Waals surface area contributed by atoms with E-state index >= 15 is 0 Å². The van der Waals surface area contributed by atoms with Crippen LogP contribution < -0.4 is 5.43 Å². The number of hydrogen-bond acceptors (Lipinski definition) is 6. The number of rotatable bonds is 3. The lowest BCUT2D eigenvalue weighted by Crippen LogP contribution is -2.03. The second-order valence-electron chi connectivity index (χ2n) is 3.90. The van der Waals surface area contributed by atoms with Gasteiger partial charge in [0, 0.05) is 6.20 Å². The van der Waals surface area contributed by atoms with Gasteiger partial charge in [0.25, 0.3) is 0 Å². The molecular weight excluding hydrogens is 242 g/mol. The number of fused-ring (bicyclic) bond motifs is 1. The second-order valence-corrected chi connectivity index (χ2v) is 3.90. The number of benzene rings is 1. The summed E-state index contributed by atoms with van der Waals surface area (Å²) in [6.07, 6.45) is 1.62. The van der Waals surface area contributed by atoms with Gasteiger partial charge in [-0.1, -0.05) is 12.1 Å². The molecule has 0 amide bonds. The number of nitrogens with one attached hydrogen (secondary N) is 1. The molecule has 1 N–H and O–H groups in total. The zero-order valence-corrected chi connectivity index (χ0v) is 10.2. The molecular formula is C13H11N5O. The summed E-state index contributed by atoms with van der Waals surface area (Å²) in [7, 11) is 0. The summed E-state index contributed by atoms with van der Waals surface area (Å²) in [5.74, 6) is 0. The van der Waals surface area contributed by atoms with E-state index in [-0.39, 0.29) is 0 Å². The normalized spacial score (nSPS) is 11.7. The van der Waals surface area contributed by atoms with Crippen molar-refractivity contribution in [1.82, 2.24) is 15.2 Å². The molecule has 0 atom stereocenters. The highest BCUT2D eigenvalue weighted by Crippen LogP contribution is 2.17. The van der Waals surface area contributed by atoms with Crippen molar-refractivity contribution in [3.05, 3.63) is 48.3 Å². The van der Waals surface area contributed by atoms with Gasteiger partial charge in [-0.3, -0.25) is 0 Å². The average Bonchev–Trinajstić information content (AvgIpc) is 2.88. The number of aromatic nitrogens is 3. The van der Waals surface area contributed by atoms with Crippen LogP contribution in [0.4, 0.5) is 6.01 Å². The Labute approximate surface area is 109 Å². The molecule has 0 unspecified atom stereocenters. The van der Waals surface area contributed by atoms with Crippen molar-refractivity contribution in [2.45, 2.75) is 6.92 Å². The standard InChI is InChI=1S/C13H11N5O/c1-9(10-6-4-8-14-17-10)16-18-13-15-11-5-2-3-7-12(11)19-13/h2-8H,1H3,(H,15,18)/b16-9+. The summed E-state index contributed by atoms with van der Waals surface area (Å²) in [6, 6.07) is 11.5. The number of nitrogens with zero attached hydrogens (tertiary/aromatic N) is 4. The monoisotopic (exact) mass is 253 g/mol. The van der Waals surface area contributed by atoms with Crippen molar-refractivity contribution >= 4 is 22.8 Å². The van der Waals surface area contributed by atoms with Crippen LogP contribution in [-0.2, 0) is 0 Å². The molecule has 6 heteroatoms. The molecule has 3 aromatic rings. The van der Waals surface area contributed by atoms with Crippen LogP contribution in [0.25, 0.3) is 11.1 Å². The van der Waals surface area contributed by atoms with Crippen molar-refractivity contribution in [3.8, 4) is 0 Å². The smallest absolute Gasteiger partial charge is 0.316 e. The van der Waals surface area contributed by atoms with E-state index in [1.54, 1.807) is 12.3 Å². The highest BCUT2D eigenvalue weighted by molar-refractivity contribution is 5.97. The lowest BCUT2D eigenvalue weighted by molar-refractivity contribution is 0.617. The van der Waals surface area contributed by atoms with Crippen LogP contribution in [0.2, 0.25) is 0 Å². The summed E-state index contributed by atoms with van der Waals surface area (Å²) >= 11 is 0. The molecule has 19 heavy (non-hydrogen) atoms. The van der Waals surface area contributed by atoms with Crippen LogP contribution in [0.5, 0.6) is 0 Å². The molecule has 0 bridgehead atoms. The third-order valence-electron chi connectivity index (χ3n) is 2.56. The minimum atomic E-state index is 0.351. The van der Waals surface area contributed by atoms with Gasteiger partial charge in [0.15, 0.2) is 5.58 Å². The lowest BCUT2D eigenvalue weighted by atomic mass is 10.3. The van der Waals surface area contributed by atoms with E-state index < -0.39 is 0 Å². The Morgan fingerprint density at radius 1 is 1.21 bits per heavy atom. The summed E-state index contributed by atoms with van der Waals surface area (Å²) in [5, 5.41) is 11.9. The van der Waals surface area contributed by atoms with Crippen molar-refractivity contribution < 1.29 is 4.42 Å². The first kappa shape index (κ1) is 11.3. The summed E-state index contributed by atoms with van der Waals surface area (Å²) in [4.78, 5) is 4.26. The molecule has 94 valence electrons. The lowest BCUT2D eigenvalue weighted by Gasteiger charge is -1.97. The first-order valence-electron chi connectivity index (χ1n) is 5.77. The van der Waals surface area contributed by atoms with Gasteiger partial charge in [-0.15, -0.1) is 5.10 Å². The molecule has 2 heterocycles. The molecule has 2 aromatic heterocycles. The molecule has 0 aliphatic rings. The van der Waals surface area contributed by atoms with E-state index in [1.807, 2.05) is 37.3 Å². The minimum absolute atomic E-state index is 0.351. The first-order valence-corrected chi connectivity index (χ1v) is 5.77. The average molecular weight is 253 g/mol. The van der Waals surface area contributed by atoms with Gasteiger partial charge in [-0.05, 0) is 31.2 Å². The second kappa shape index (κ2) is 4.85. The van der Waals surface area contributed by atoms with Crippen molar-refractivity contribution in [3.63, 3.8) is 0 Å². The van der Waals surface area contributed by atoms with Gasteiger partial charge in [0.1, 0.15) is 11.2 Å². The first-order chi connectivity index (χ1) is 9.33.